The van der Waals surface area contributed by atoms with Crippen LogP contribution in [-0.4, -0.2) is 84.3 Å². The van der Waals surface area contributed by atoms with Gasteiger partial charge in [0.25, 0.3) is 17.7 Å². The average Bonchev–Trinajstić information content (AvgIpc) is 3.43. The molecule has 21 heteroatoms. The van der Waals surface area contributed by atoms with Gasteiger partial charge in [-0.15, -0.1) is 0 Å². The number of ether oxygens (including phenoxy) is 2. The number of carbonyl (C=O) groups excluding carboxylic acids is 5. The molecule has 0 spiro atoms. The lowest BCUT2D eigenvalue weighted by Gasteiger charge is -2.27. The zero-order valence-electron chi connectivity index (χ0n) is 32.0. The van der Waals surface area contributed by atoms with Crippen molar-refractivity contribution in [1.82, 2.24) is 25.5 Å². The van der Waals surface area contributed by atoms with Crippen molar-refractivity contribution in [2.75, 3.05) is 29.4 Å². The van der Waals surface area contributed by atoms with Crippen molar-refractivity contribution in [1.29, 1.82) is 5.26 Å². The Kier molecular flexibility index (Phi) is 12.1. The second-order valence-electron chi connectivity index (χ2n) is 14.3. The number of urea groups is 1. The largest absolute Gasteiger partial charge is 0.487 e. The predicted octanol–water partition coefficient (Wildman–Crippen LogP) is 4.52. The van der Waals surface area contributed by atoms with E-state index in [1.807, 2.05) is 25.2 Å². The average molecular weight is 865 g/mol. The number of sulfonamides is 1. The standard InChI is InChI=1S/C39H35ClF2N8O9S/c1-38(2,22-4-7-26(8-5-22)58-18-25-12-13-44-36(46-25)49-60(3,56)57)23-14-21(17-43)32(29(40)15-23)59-20-39(41,42)19-45-37(55)47-24-6-9-27-28(16-24)35(54)50(34(27)53)30-10-11-31(51)48-33(30)52/h4-9,12-16,30H,10-11,18-20H2,1-3H3,(H,44,46,49)(H2,45,47,55)(H,48,51,52). The summed E-state index contributed by atoms with van der Waals surface area (Å²) in [5.74, 6) is -6.42. The number of alkyl halides is 2. The number of rotatable bonds is 14. The Morgan fingerprint density at radius 2 is 1.73 bits per heavy atom. The molecule has 1 unspecified atom stereocenters. The number of fused-ring (bicyclic) bond motifs is 1. The highest BCUT2D eigenvalue weighted by atomic mass is 35.5. The summed E-state index contributed by atoms with van der Waals surface area (Å²) < 4.78 is 66.3. The molecule has 312 valence electrons. The van der Waals surface area contributed by atoms with Gasteiger partial charge in [-0.25, -0.2) is 32.0 Å². The number of anilines is 2. The van der Waals surface area contributed by atoms with Crippen LogP contribution in [0.5, 0.6) is 11.5 Å². The molecule has 0 bridgehead atoms. The van der Waals surface area contributed by atoms with Gasteiger partial charge >= 0.3 is 6.03 Å². The molecule has 60 heavy (non-hydrogen) atoms. The summed E-state index contributed by atoms with van der Waals surface area (Å²) in [4.78, 5) is 71.1. The van der Waals surface area contributed by atoms with Gasteiger partial charge in [0, 0.05) is 23.7 Å². The Labute approximate surface area is 346 Å². The molecule has 3 heterocycles. The Balaban J connectivity index is 1.03. The Hall–Kier alpha value is -6.72. The van der Waals surface area contributed by atoms with Crippen molar-refractivity contribution in [2.24, 2.45) is 0 Å². The van der Waals surface area contributed by atoms with Gasteiger partial charge in [-0.2, -0.15) is 5.26 Å². The summed E-state index contributed by atoms with van der Waals surface area (Å²) in [5, 5.41) is 16.3. The number of nitriles is 1. The van der Waals surface area contributed by atoms with E-state index in [1.54, 1.807) is 30.3 Å². The molecule has 2 aliphatic rings. The number of aromatic nitrogens is 2. The molecule has 17 nitrogen and oxygen atoms in total. The molecule has 4 aromatic rings. The first kappa shape index (κ1) is 42.9. The summed E-state index contributed by atoms with van der Waals surface area (Å²) in [6, 6.07) is 14.9. The van der Waals surface area contributed by atoms with Crippen molar-refractivity contribution in [3.05, 3.63) is 105 Å². The van der Waals surface area contributed by atoms with E-state index in [4.69, 9.17) is 21.1 Å². The zero-order chi connectivity index (χ0) is 43.6. The lowest BCUT2D eigenvalue weighted by molar-refractivity contribution is -0.136. The first-order valence-electron chi connectivity index (χ1n) is 17.9. The summed E-state index contributed by atoms with van der Waals surface area (Å²) in [7, 11) is -3.56. The SMILES string of the molecule is CC(C)(c1ccc(OCc2ccnc(NS(C)(=O)=O)n2)cc1)c1cc(Cl)c(OCC(F)(F)CNC(=O)Nc2ccc3c(c2)C(=O)N(C2CCC(=O)NC2=O)C3=O)c(C#N)c1. The molecule has 2 aliphatic heterocycles. The second kappa shape index (κ2) is 16.9. The van der Waals surface area contributed by atoms with E-state index >= 15 is 8.78 Å². The van der Waals surface area contributed by atoms with E-state index in [-0.39, 0.29) is 58.5 Å². The minimum absolute atomic E-state index is 0.00478. The van der Waals surface area contributed by atoms with Gasteiger partial charge in [0.15, 0.2) is 12.4 Å². The van der Waals surface area contributed by atoms with Crippen LogP contribution >= 0.6 is 11.6 Å². The summed E-state index contributed by atoms with van der Waals surface area (Å²) in [6.45, 7) is 1.30. The minimum Gasteiger partial charge on any atom is -0.487 e. The number of amides is 6. The van der Waals surface area contributed by atoms with Crippen LogP contribution in [0.15, 0.2) is 66.9 Å². The van der Waals surface area contributed by atoms with Crippen LogP contribution < -0.4 is 30.1 Å². The van der Waals surface area contributed by atoms with Crippen molar-refractivity contribution >= 4 is 62.9 Å². The molecule has 6 amide bonds. The molecular weight excluding hydrogens is 830 g/mol. The lowest BCUT2D eigenvalue weighted by Crippen LogP contribution is -2.54. The first-order valence-corrected chi connectivity index (χ1v) is 20.2. The highest BCUT2D eigenvalue weighted by Crippen LogP contribution is 2.39. The Morgan fingerprint density at radius 1 is 1.02 bits per heavy atom. The third-order valence-corrected chi connectivity index (χ3v) is 10.3. The van der Waals surface area contributed by atoms with Gasteiger partial charge in [0.2, 0.25) is 27.8 Å². The summed E-state index contributed by atoms with van der Waals surface area (Å²) in [5.41, 5.74) is 0.767. The van der Waals surface area contributed by atoms with Crippen LogP contribution in [0.2, 0.25) is 5.02 Å². The van der Waals surface area contributed by atoms with E-state index in [0.717, 1.165) is 16.7 Å². The number of nitrogens with one attached hydrogen (secondary N) is 4. The smallest absolute Gasteiger partial charge is 0.319 e. The van der Waals surface area contributed by atoms with Gasteiger partial charge in [-0.3, -0.25) is 34.1 Å². The molecule has 1 aromatic heterocycles. The van der Waals surface area contributed by atoms with Crippen LogP contribution in [0.1, 0.15) is 69.8 Å². The topological polar surface area (TPSA) is 239 Å². The number of carbonyl (C=O) groups is 5. The number of imide groups is 2. The molecule has 3 aromatic carbocycles. The van der Waals surface area contributed by atoms with Crippen molar-refractivity contribution in [3.8, 4) is 17.6 Å². The summed E-state index contributed by atoms with van der Waals surface area (Å²) in [6.07, 6.45) is 2.27. The molecule has 1 saturated heterocycles. The minimum atomic E-state index is -3.65. The molecule has 0 radical (unpaired) electrons. The van der Waals surface area contributed by atoms with E-state index in [2.05, 4.69) is 25.3 Å². The number of piperidine rings is 1. The van der Waals surface area contributed by atoms with Gasteiger partial charge in [-0.1, -0.05) is 37.6 Å². The maximum atomic E-state index is 15.0. The van der Waals surface area contributed by atoms with Crippen LogP contribution in [0.3, 0.4) is 0 Å². The highest BCUT2D eigenvalue weighted by molar-refractivity contribution is 7.92. The molecule has 1 atom stereocenters. The van der Waals surface area contributed by atoms with Crippen LogP contribution in [-0.2, 0) is 31.6 Å². The van der Waals surface area contributed by atoms with Gasteiger partial charge in [-0.05, 0) is 66.1 Å². The molecular formula is C39H35ClF2N8O9S. The van der Waals surface area contributed by atoms with Gasteiger partial charge in [0.05, 0.1) is 40.2 Å². The van der Waals surface area contributed by atoms with Crippen molar-refractivity contribution in [3.63, 3.8) is 0 Å². The third-order valence-electron chi connectivity index (χ3n) is 9.47. The lowest BCUT2D eigenvalue weighted by atomic mass is 9.77. The first-order chi connectivity index (χ1) is 28.2. The quantitative estimate of drug-likeness (QED) is 0.128. The van der Waals surface area contributed by atoms with Crippen LogP contribution in [0.25, 0.3) is 0 Å². The highest BCUT2D eigenvalue weighted by Gasteiger charge is 2.44. The fourth-order valence-electron chi connectivity index (χ4n) is 6.33. The Morgan fingerprint density at radius 3 is 2.42 bits per heavy atom. The predicted molar refractivity (Wildman–Crippen MR) is 210 cm³/mol. The zero-order valence-corrected chi connectivity index (χ0v) is 33.5. The second-order valence-corrected chi connectivity index (χ2v) is 16.4. The number of hydrogen-bond acceptors (Lipinski definition) is 12. The Bertz CT molecular complexity index is 2570. The van der Waals surface area contributed by atoms with Crippen LogP contribution in [0.4, 0.5) is 25.2 Å². The van der Waals surface area contributed by atoms with Crippen molar-refractivity contribution in [2.45, 2.75) is 50.7 Å². The number of halogens is 3. The fraction of sp³-hybridized carbons (Fsp3) is 0.282. The van der Waals surface area contributed by atoms with Crippen LogP contribution in [0, 0.1) is 11.3 Å². The normalized spacial score (nSPS) is 15.5. The maximum Gasteiger partial charge on any atom is 0.319 e. The van der Waals surface area contributed by atoms with E-state index in [0.29, 0.717) is 17.0 Å². The number of hydrogen-bond donors (Lipinski definition) is 4. The van der Waals surface area contributed by atoms with E-state index in [9.17, 15) is 37.7 Å². The molecule has 0 saturated carbocycles. The molecule has 4 N–H and O–H groups in total. The van der Waals surface area contributed by atoms with Gasteiger partial charge in [0.1, 0.15) is 24.5 Å². The number of benzene rings is 3. The third kappa shape index (κ3) is 9.76. The molecule has 6 rings (SSSR count). The maximum absolute atomic E-state index is 15.0. The summed E-state index contributed by atoms with van der Waals surface area (Å²) >= 11 is 6.50. The number of nitrogens with zero attached hydrogens (tertiary/aromatic N) is 4. The monoisotopic (exact) mass is 864 g/mol. The van der Waals surface area contributed by atoms with Gasteiger partial charge < -0.3 is 20.1 Å². The molecule has 1 fully saturated rings. The van der Waals surface area contributed by atoms with E-state index < -0.39 is 70.2 Å². The van der Waals surface area contributed by atoms with E-state index in [1.165, 1.54) is 36.5 Å². The fourth-order valence-corrected chi connectivity index (χ4v) is 7.03. The van der Waals surface area contributed by atoms with Crippen molar-refractivity contribution < 1.29 is 50.6 Å². The molecule has 0 aliphatic carbocycles.